The zero-order valence-corrected chi connectivity index (χ0v) is 15.4. The van der Waals surface area contributed by atoms with E-state index in [1.807, 2.05) is 19.9 Å². The third-order valence-corrected chi connectivity index (χ3v) is 6.14. The van der Waals surface area contributed by atoms with Gasteiger partial charge in [-0.05, 0) is 49.6 Å². The third kappa shape index (κ3) is 3.77. The van der Waals surface area contributed by atoms with Crippen molar-refractivity contribution < 1.29 is 17.9 Å². The fourth-order valence-corrected chi connectivity index (χ4v) is 4.44. The van der Waals surface area contributed by atoms with Crippen LogP contribution in [-0.2, 0) is 10.0 Å². The molecule has 1 fully saturated rings. The van der Waals surface area contributed by atoms with E-state index in [1.165, 1.54) is 4.31 Å². The minimum Gasteiger partial charge on any atom is -0.496 e. The maximum atomic E-state index is 12.8. The molecule has 1 saturated heterocycles. The van der Waals surface area contributed by atoms with E-state index < -0.39 is 10.0 Å². The van der Waals surface area contributed by atoms with Crippen molar-refractivity contribution in [1.82, 2.24) is 9.29 Å². The molecule has 1 aromatic carbocycles. The molecule has 1 atom stereocenters. The monoisotopic (exact) mass is 362 g/mol. The number of pyridine rings is 1. The number of sulfonamides is 1. The SMILES string of the molecule is COc1ccc(S(=O)(=O)N2CCC(Oc3ccc(C)cn3)C2)cc1C. The molecule has 6 nitrogen and oxygen atoms in total. The second-order valence-corrected chi connectivity index (χ2v) is 8.13. The second-order valence-electron chi connectivity index (χ2n) is 6.20. The van der Waals surface area contributed by atoms with Crippen LogP contribution in [0.3, 0.4) is 0 Å². The summed E-state index contributed by atoms with van der Waals surface area (Å²) in [5.74, 6) is 1.20. The standard InChI is InChI=1S/C18H22N2O4S/c1-13-4-7-18(19-11-13)24-15-8-9-20(12-15)25(21,22)16-5-6-17(23-3)14(2)10-16/h4-7,10-11,15H,8-9,12H2,1-3H3. The topological polar surface area (TPSA) is 68.7 Å². The molecule has 0 saturated carbocycles. The Morgan fingerprint density at radius 3 is 2.64 bits per heavy atom. The highest BCUT2D eigenvalue weighted by Gasteiger charge is 2.34. The van der Waals surface area contributed by atoms with Crippen LogP contribution >= 0.6 is 0 Å². The summed E-state index contributed by atoms with van der Waals surface area (Å²) in [5, 5.41) is 0. The van der Waals surface area contributed by atoms with Crippen molar-refractivity contribution in [2.45, 2.75) is 31.3 Å². The number of ether oxygens (including phenoxy) is 2. The Balaban J connectivity index is 1.71. The van der Waals surface area contributed by atoms with Crippen LogP contribution in [0.2, 0.25) is 0 Å². The largest absolute Gasteiger partial charge is 0.496 e. The predicted molar refractivity (Wildman–Crippen MR) is 94.5 cm³/mol. The van der Waals surface area contributed by atoms with E-state index in [1.54, 1.807) is 37.6 Å². The van der Waals surface area contributed by atoms with Gasteiger partial charge in [0.25, 0.3) is 0 Å². The van der Waals surface area contributed by atoms with E-state index >= 15 is 0 Å². The fourth-order valence-electron chi connectivity index (χ4n) is 2.87. The van der Waals surface area contributed by atoms with Gasteiger partial charge >= 0.3 is 0 Å². The Morgan fingerprint density at radius 1 is 1.20 bits per heavy atom. The summed E-state index contributed by atoms with van der Waals surface area (Å²) in [6, 6.07) is 8.63. The third-order valence-electron chi connectivity index (χ3n) is 4.28. The first-order valence-electron chi connectivity index (χ1n) is 8.14. The molecule has 7 heteroatoms. The molecule has 0 aliphatic carbocycles. The van der Waals surface area contributed by atoms with Crippen molar-refractivity contribution in [1.29, 1.82) is 0 Å². The maximum Gasteiger partial charge on any atom is 0.243 e. The number of benzene rings is 1. The molecule has 25 heavy (non-hydrogen) atoms. The summed E-state index contributed by atoms with van der Waals surface area (Å²) in [4.78, 5) is 4.49. The number of rotatable bonds is 5. The molecular formula is C18H22N2O4S. The Hall–Kier alpha value is -2.12. The van der Waals surface area contributed by atoms with Crippen molar-refractivity contribution in [3.63, 3.8) is 0 Å². The van der Waals surface area contributed by atoms with Gasteiger partial charge in [0, 0.05) is 18.8 Å². The molecule has 134 valence electrons. The Kier molecular flexibility index (Phi) is 4.96. The lowest BCUT2D eigenvalue weighted by molar-refractivity contribution is 0.207. The van der Waals surface area contributed by atoms with Crippen molar-refractivity contribution in [2.75, 3.05) is 20.2 Å². The molecule has 1 aliphatic heterocycles. The second kappa shape index (κ2) is 7.01. The molecule has 1 aromatic heterocycles. The summed E-state index contributed by atoms with van der Waals surface area (Å²) >= 11 is 0. The van der Waals surface area contributed by atoms with Crippen molar-refractivity contribution in [2.24, 2.45) is 0 Å². The Bertz CT molecular complexity index is 850. The summed E-state index contributed by atoms with van der Waals surface area (Å²) in [7, 11) is -1.97. The fraction of sp³-hybridized carbons (Fsp3) is 0.389. The number of hydrogen-bond donors (Lipinski definition) is 0. The van der Waals surface area contributed by atoms with Crippen LogP contribution in [0.15, 0.2) is 41.4 Å². The van der Waals surface area contributed by atoms with E-state index in [0.29, 0.717) is 31.1 Å². The van der Waals surface area contributed by atoms with Crippen LogP contribution in [-0.4, -0.2) is 44.0 Å². The van der Waals surface area contributed by atoms with E-state index in [2.05, 4.69) is 4.98 Å². The van der Waals surface area contributed by atoms with Gasteiger partial charge in [-0.25, -0.2) is 13.4 Å². The predicted octanol–water partition coefficient (Wildman–Crippen LogP) is 2.55. The highest BCUT2D eigenvalue weighted by atomic mass is 32.2. The van der Waals surface area contributed by atoms with E-state index in [9.17, 15) is 8.42 Å². The summed E-state index contributed by atoms with van der Waals surface area (Å²) < 4.78 is 38.2. The molecule has 0 radical (unpaired) electrons. The van der Waals surface area contributed by atoms with Crippen LogP contribution in [0.1, 0.15) is 17.5 Å². The lowest BCUT2D eigenvalue weighted by Crippen LogP contribution is -2.31. The first-order valence-corrected chi connectivity index (χ1v) is 9.58. The molecule has 3 rings (SSSR count). The van der Waals surface area contributed by atoms with E-state index in [0.717, 1.165) is 11.1 Å². The molecule has 0 N–H and O–H groups in total. The minimum atomic E-state index is -3.54. The quantitative estimate of drug-likeness (QED) is 0.818. The Labute approximate surface area is 148 Å². The van der Waals surface area contributed by atoms with Gasteiger partial charge in [0.15, 0.2) is 0 Å². The average Bonchev–Trinajstić information content (AvgIpc) is 3.06. The van der Waals surface area contributed by atoms with Crippen LogP contribution < -0.4 is 9.47 Å². The number of aryl methyl sites for hydroxylation is 2. The normalized spacial score (nSPS) is 18.3. The molecular weight excluding hydrogens is 340 g/mol. The van der Waals surface area contributed by atoms with Crippen LogP contribution in [0.25, 0.3) is 0 Å². The van der Waals surface area contributed by atoms with Gasteiger partial charge in [-0.15, -0.1) is 0 Å². The molecule has 2 aromatic rings. The van der Waals surface area contributed by atoms with E-state index in [-0.39, 0.29) is 11.0 Å². The van der Waals surface area contributed by atoms with Crippen molar-refractivity contribution in [3.05, 3.63) is 47.7 Å². The summed E-state index contributed by atoms with van der Waals surface area (Å²) in [6.45, 7) is 4.54. The minimum absolute atomic E-state index is 0.190. The molecule has 0 amide bonds. The highest BCUT2D eigenvalue weighted by Crippen LogP contribution is 2.27. The van der Waals surface area contributed by atoms with Gasteiger partial charge in [0.1, 0.15) is 11.9 Å². The highest BCUT2D eigenvalue weighted by molar-refractivity contribution is 7.89. The van der Waals surface area contributed by atoms with Gasteiger partial charge in [-0.1, -0.05) is 6.07 Å². The van der Waals surface area contributed by atoms with Gasteiger partial charge in [0.2, 0.25) is 15.9 Å². The maximum absolute atomic E-state index is 12.8. The van der Waals surface area contributed by atoms with Crippen LogP contribution in [0.4, 0.5) is 0 Å². The number of methoxy groups -OCH3 is 1. The zero-order valence-electron chi connectivity index (χ0n) is 14.6. The van der Waals surface area contributed by atoms with E-state index in [4.69, 9.17) is 9.47 Å². The molecule has 0 bridgehead atoms. The lowest BCUT2D eigenvalue weighted by atomic mass is 10.2. The first kappa shape index (κ1) is 17.7. The Morgan fingerprint density at radius 2 is 2.00 bits per heavy atom. The zero-order chi connectivity index (χ0) is 18.0. The molecule has 1 unspecified atom stereocenters. The van der Waals surface area contributed by atoms with Gasteiger partial charge in [-0.3, -0.25) is 0 Å². The first-order chi connectivity index (χ1) is 11.9. The lowest BCUT2D eigenvalue weighted by Gasteiger charge is -2.18. The van der Waals surface area contributed by atoms with Crippen LogP contribution in [0, 0.1) is 13.8 Å². The van der Waals surface area contributed by atoms with Crippen LogP contribution in [0.5, 0.6) is 11.6 Å². The number of nitrogens with zero attached hydrogens (tertiary/aromatic N) is 2. The smallest absolute Gasteiger partial charge is 0.243 e. The summed E-state index contributed by atoms with van der Waals surface area (Å²) in [6.07, 6.45) is 2.19. The summed E-state index contributed by atoms with van der Waals surface area (Å²) in [5.41, 5.74) is 1.84. The van der Waals surface area contributed by atoms with Gasteiger partial charge in [0.05, 0.1) is 18.6 Å². The number of aromatic nitrogens is 1. The average molecular weight is 362 g/mol. The number of hydrogen-bond acceptors (Lipinski definition) is 5. The van der Waals surface area contributed by atoms with Gasteiger partial charge in [-0.2, -0.15) is 4.31 Å². The molecule has 1 aliphatic rings. The molecule has 2 heterocycles. The van der Waals surface area contributed by atoms with Crippen molar-refractivity contribution in [3.8, 4) is 11.6 Å². The molecule has 0 spiro atoms. The van der Waals surface area contributed by atoms with Gasteiger partial charge < -0.3 is 9.47 Å². The van der Waals surface area contributed by atoms with Crippen molar-refractivity contribution >= 4 is 10.0 Å².